The van der Waals surface area contributed by atoms with Crippen LogP contribution in [-0.2, 0) is 4.79 Å². The van der Waals surface area contributed by atoms with Gasteiger partial charge in [0.2, 0.25) is 0 Å². The third-order valence-electron chi connectivity index (χ3n) is 3.91. The molecule has 1 heterocycles. The van der Waals surface area contributed by atoms with Gasteiger partial charge in [0.05, 0.1) is 0 Å². The molecule has 0 N–H and O–H groups in total. The molecular weight excluding hydrogens is 318 g/mol. The van der Waals surface area contributed by atoms with Crippen LogP contribution in [0.1, 0.15) is 30.9 Å². The van der Waals surface area contributed by atoms with Gasteiger partial charge >= 0.3 is 0 Å². The number of amides is 1. The van der Waals surface area contributed by atoms with Gasteiger partial charge in [0.1, 0.15) is 5.75 Å². The minimum absolute atomic E-state index is 0.0927. The number of halogens is 1. The lowest BCUT2D eigenvalue weighted by Gasteiger charge is -2.30. The summed E-state index contributed by atoms with van der Waals surface area (Å²) in [6.45, 7) is 8.15. The normalized spacial score (nSPS) is 16.3. The molecule has 3 nitrogen and oxygen atoms in total. The molecule has 1 aromatic rings. The van der Waals surface area contributed by atoms with Crippen LogP contribution in [0.15, 0.2) is 16.6 Å². The second-order valence-corrected chi connectivity index (χ2v) is 6.52. The molecule has 1 amide bonds. The third kappa shape index (κ3) is 3.75. The van der Waals surface area contributed by atoms with Gasteiger partial charge < -0.3 is 9.64 Å². The van der Waals surface area contributed by atoms with Crippen molar-refractivity contribution in [1.29, 1.82) is 0 Å². The zero-order chi connectivity index (χ0) is 14.7. The van der Waals surface area contributed by atoms with Crippen LogP contribution in [-0.4, -0.2) is 30.5 Å². The van der Waals surface area contributed by atoms with Crippen molar-refractivity contribution in [2.24, 2.45) is 5.92 Å². The summed E-state index contributed by atoms with van der Waals surface area (Å²) >= 11 is 3.53. The Bertz CT molecular complexity index is 470. The van der Waals surface area contributed by atoms with Crippen LogP contribution in [0, 0.1) is 19.8 Å². The van der Waals surface area contributed by atoms with E-state index in [1.165, 1.54) is 0 Å². The lowest BCUT2D eigenvalue weighted by Crippen LogP contribution is -2.40. The molecule has 0 aromatic heterocycles. The molecule has 0 atom stereocenters. The Morgan fingerprint density at radius 2 is 1.85 bits per heavy atom. The summed E-state index contributed by atoms with van der Waals surface area (Å²) in [5, 5.41) is 0. The topological polar surface area (TPSA) is 29.5 Å². The van der Waals surface area contributed by atoms with E-state index in [0.29, 0.717) is 0 Å². The fourth-order valence-electron chi connectivity index (χ4n) is 2.48. The van der Waals surface area contributed by atoms with Gasteiger partial charge in [-0.25, -0.2) is 0 Å². The van der Waals surface area contributed by atoms with E-state index in [9.17, 15) is 4.79 Å². The first kappa shape index (κ1) is 15.4. The largest absolute Gasteiger partial charge is 0.484 e. The first-order chi connectivity index (χ1) is 9.47. The summed E-state index contributed by atoms with van der Waals surface area (Å²) in [6.07, 6.45) is 2.20. The summed E-state index contributed by atoms with van der Waals surface area (Å²) in [5.74, 6) is 1.59. The van der Waals surface area contributed by atoms with E-state index in [4.69, 9.17) is 4.74 Å². The van der Waals surface area contributed by atoms with Gasteiger partial charge in [-0.2, -0.15) is 0 Å². The number of carbonyl (C=O) groups is 1. The van der Waals surface area contributed by atoms with E-state index in [-0.39, 0.29) is 12.5 Å². The quantitative estimate of drug-likeness (QED) is 0.840. The van der Waals surface area contributed by atoms with Crippen LogP contribution >= 0.6 is 15.9 Å². The molecule has 1 aliphatic heterocycles. The van der Waals surface area contributed by atoms with Crippen molar-refractivity contribution in [2.75, 3.05) is 19.7 Å². The fourth-order valence-corrected chi connectivity index (χ4v) is 2.71. The van der Waals surface area contributed by atoms with Crippen molar-refractivity contribution in [3.63, 3.8) is 0 Å². The van der Waals surface area contributed by atoms with Gasteiger partial charge in [0.25, 0.3) is 5.91 Å². The van der Waals surface area contributed by atoms with Crippen LogP contribution in [0.5, 0.6) is 5.75 Å². The minimum atomic E-state index is 0.0927. The highest BCUT2D eigenvalue weighted by Crippen LogP contribution is 2.26. The second-order valence-electron chi connectivity index (χ2n) is 5.72. The van der Waals surface area contributed by atoms with Crippen molar-refractivity contribution in [2.45, 2.75) is 33.6 Å². The van der Waals surface area contributed by atoms with Crippen molar-refractivity contribution < 1.29 is 9.53 Å². The number of likely N-dealkylation sites (tertiary alicyclic amines) is 1. The number of nitrogens with zero attached hydrogens (tertiary/aromatic N) is 1. The summed E-state index contributed by atoms with van der Waals surface area (Å²) in [5.41, 5.74) is 2.25. The SMILES string of the molecule is Cc1cc(OCC(=O)N2CCC(C)CC2)cc(C)c1Br. The third-order valence-corrected chi connectivity index (χ3v) is 5.16. The predicted octanol–water partition coefficient (Wildman–Crippen LogP) is 3.70. The van der Waals surface area contributed by atoms with E-state index in [0.717, 1.165) is 53.2 Å². The molecule has 0 unspecified atom stereocenters. The zero-order valence-electron chi connectivity index (χ0n) is 12.4. The molecule has 1 aromatic carbocycles. The van der Waals surface area contributed by atoms with Gasteiger partial charge in [0.15, 0.2) is 6.61 Å². The van der Waals surface area contributed by atoms with Gasteiger partial charge in [-0.05, 0) is 55.9 Å². The number of benzene rings is 1. The summed E-state index contributed by atoms with van der Waals surface area (Å²) < 4.78 is 6.75. The lowest BCUT2D eigenvalue weighted by atomic mass is 9.99. The molecular formula is C16H22BrNO2. The Morgan fingerprint density at radius 1 is 1.30 bits per heavy atom. The zero-order valence-corrected chi connectivity index (χ0v) is 14.0. The molecule has 0 aliphatic carbocycles. The molecule has 110 valence electrons. The first-order valence-electron chi connectivity index (χ1n) is 7.14. The fraction of sp³-hybridized carbons (Fsp3) is 0.562. The van der Waals surface area contributed by atoms with Gasteiger partial charge in [-0.1, -0.05) is 22.9 Å². The van der Waals surface area contributed by atoms with Gasteiger partial charge in [-0.3, -0.25) is 4.79 Å². The lowest BCUT2D eigenvalue weighted by molar-refractivity contribution is -0.134. The molecule has 20 heavy (non-hydrogen) atoms. The first-order valence-corrected chi connectivity index (χ1v) is 7.94. The van der Waals surface area contributed by atoms with Crippen molar-refractivity contribution in [3.8, 4) is 5.75 Å². The minimum Gasteiger partial charge on any atom is -0.484 e. The molecule has 0 bridgehead atoms. The van der Waals surface area contributed by atoms with E-state index in [1.807, 2.05) is 30.9 Å². The van der Waals surface area contributed by atoms with Crippen LogP contribution in [0.25, 0.3) is 0 Å². The van der Waals surface area contributed by atoms with Crippen LogP contribution in [0.3, 0.4) is 0 Å². The Hall–Kier alpha value is -1.03. The maximum absolute atomic E-state index is 12.1. The second kappa shape index (κ2) is 6.61. The number of aryl methyl sites for hydroxylation is 2. The standard InChI is InChI=1S/C16H22BrNO2/c1-11-4-6-18(7-5-11)15(19)10-20-14-8-12(2)16(17)13(3)9-14/h8-9,11H,4-7,10H2,1-3H3. The molecule has 0 radical (unpaired) electrons. The Labute approximate surface area is 129 Å². The Balaban J connectivity index is 1.90. The van der Waals surface area contributed by atoms with Crippen LogP contribution in [0.4, 0.5) is 0 Å². The average Bonchev–Trinajstić information content (AvgIpc) is 2.42. The summed E-state index contributed by atoms with van der Waals surface area (Å²) in [6, 6.07) is 3.92. The highest BCUT2D eigenvalue weighted by atomic mass is 79.9. The predicted molar refractivity (Wildman–Crippen MR) is 84.1 cm³/mol. The molecule has 1 fully saturated rings. The number of carbonyl (C=O) groups excluding carboxylic acids is 1. The number of ether oxygens (including phenoxy) is 1. The van der Waals surface area contributed by atoms with Crippen molar-refractivity contribution in [3.05, 3.63) is 27.7 Å². The maximum atomic E-state index is 12.1. The molecule has 2 rings (SSSR count). The summed E-state index contributed by atoms with van der Waals surface area (Å²) in [7, 11) is 0. The van der Waals surface area contributed by atoms with Crippen LogP contribution < -0.4 is 4.74 Å². The van der Waals surface area contributed by atoms with E-state index >= 15 is 0 Å². The monoisotopic (exact) mass is 339 g/mol. The molecule has 1 saturated heterocycles. The van der Waals surface area contributed by atoms with Crippen molar-refractivity contribution >= 4 is 21.8 Å². The number of piperidine rings is 1. The van der Waals surface area contributed by atoms with Crippen LogP contribution in [0.2, 0.25) is 0 Å². The Morgan fingerprint density at radius 3 is 2.40 bits per heavy atom. The van der Waals surface area contributed by atoms with Gasteiger partial charge in [0, 0.05) is 17.6 Å². The molecule has 1 aliphatic rings. The smallest absolute Gasteiger partial charge is 0.260 e. The van der Waals surface area contributed by atoms with E-state index < -0.39 is 0 Å². The van der Waals surface area contributed by atoms with Gasteiger partial charge in [-0.15, -0.1) is 0 Å². The highest BCUT2D eigenvalue weighted by molar-refractivity contribution is 9.10. The Kier molecular flexibility index (Phi) is 5.08. The molecule has 0 saturated carbocycles. The van der Waals surface area contributed by atoms with Crippen molar-refractivity contribution in [1.82, 2.24) is 4.90 Å². The number of hydrogen-bond donors (Lipinski definition) is 0. The number of hydrogen-bond acceptors (Lipinski definition) is 2. The maximum Gasteiger partial charge on any atom is 0.260 e. The van der Waals surface area contributed by atoms with E-state index in [2.05, 4.69) is 22.9 Å². The molecule has 0 spiro atoms. The molecule has 4 heteroatoms. The van der Waals surface area contributed by atoms with E-state index in [1.54, 1.807) is 0 Å². The highest BCUT2D eigenvalue weighted by Gasteiger charge is 2.20. The average molecular weight is 340 g/mol. The summed E-state index contributed by atoms with van der Waals surface area (Å²) in [4.78, 5) is 14.0. The number of rotatable bonds is 3.